The van der Waals surface area contributed by atoms with Gasteiger partial charge in [-0.05, 0) is 12.1 Å². The highest BCUT2D eigenvalue weighted by atomic mass is 19.3. The van der Waals surface area contributed by atoms with E-state index in [1.807, 2.05) is 12.1 Å². The Bertz CT molecular complexity index is 409. The molecule has 0 N–H and O–H groups in total. The lowest BCUT2D eigenvalue weighted by Gasteiger charge is -2.01. The first-order valence-corrected chi connectivity index (χ1v) is 3.95. The fourth-order valence-corrected chi connectivity index (χ4v) is 1.30. The third-order valence-electron chi connectivity index (χ3n) is 1.86. The standard InChI is InChI=1S/C9H8F2N2/c10-9(11)5-13-6-12-7-3-1-2-4-8(7)13/h1-4,6,9H,5H2. The van der Waals surface area contributed by atoms with Crippen LogP contribution in [0.15, 0.2) is 30.6 Å². The second-order valence-corrected chi connectivity index (χ2v) is 2.78. The van der Waals surface area contributed by atoms with Gasteiger partial charge >= 0.3 is 0 Å². The Labute approximate surface area is 73.8 Å². The second-order valence-electron chi connectivity index (χ2n) is 2.78. The maximum Gasteiger partial charge on any atom is 0.256 e. The molecule has 0 saturated heterocycles. The zero-order valence-electron chi connectivity index (χ0n) is 6.82. The molecule has 1 aromatic carbocycles. The van der Waals surface area contributed by atoms with Gasteiger partial charge in [0.1, 0.15) is 0 Å². The number of para-hydroxylation sites is 2. The first-order chi connectivity index (χ1) is 6.27. The van der Waals surface area contributed by atoms with Crippen molar-refractivity contribution < 1.29 is 8.78 Å². The Morgan fingerprint density at radius 3 is 2.85 bits per heavy atom. The number of benzene rings is 1. The number of halogens is 2. The van der Waals surface area contributed by atoms with Crippen molar-refractivity contribution in [2.75, 3.05) is 0 Å². The van der Waals surface area contributed by atoms with Crippen LogP contribution in [-0.2, 0) is 6.54 Å². The highest BCUT2D eigenvalue weighted by Crippen LogP contribution is 2.12. The molecule has 0 unspecified atom stereocenters. The van der Waals surface area contributed by atoms with Crippen LogP contribution in [0.1, 0.15) is 0 Å². The molecule has 2 aromatic rings. The van der Waals surface area contributed by atoms with Crippen LogP contribution in [0.4, 0.5) is 8.78 Å². The van der Waals surface area contributed by atoms with E-state index < -0.39 is 6.43 Å². The largest absolute Gasteiger partial charge is 0.325 e. The van der Waals surface area contributed by atoms with Crippen LogP contribution in [0.2, 0.25) is 0 Å². The van der Waals surface area contributed by atoms with Crippen LogP contribution in [0.25, 0.3) is 11.0 Å². The Balaban J connectivity index is 2.46. The van der Waals surface area contributed by atoms with E-state index in [0.717, 1.165) is 11.0 Å². The number of aromatic nitrogens is 2. The molecule has 0 amide bonds. The van der Waals surface area contributed by atoms with Crippen LogP contribution in [-0.4, -0.2) is 16.0 Å². The zero-order valence-corrected chi connectivity index (χ0v) is 6.82. The lowest BCUT2D eigenvalue weighted by atomic mass is 10.3. The Morgan fingerprint density at radius 1 is 1.31 bits per heavy atom. The minimum atomic E-state index is -2.34. The predicted molar refractivity (Wildman–Crippen MR) is 45.7 cm³/mol. The van der Waals surface area contributed by atoms with E-state index in [2.05, 4.69) is 4.98 Å². The molecular formula is C9H8F2N2. The molecule has 0 fully saturated rings. The number of fused-ring (bicyclic) bond motifs is 1. The molecule has 0 radical (unpaired) electrons. The van der Waals surface area contributed by atoms with Gasteiger partial charge < -0.3 is 4.57 Å². The van der Waals surface area contributed by atoms with Gasteiger partial charge in [0.25, 0.3) is 6.43 Å². The van der Waals surface area contributed by atoms with Gasteiger partial charge in [-0.2, -0.15) is 0 Å². The smallest absolute Gasteiger partial charge is 0.256 e. The van der Waals surface area contributed by atoms with Gasteiger partial charge in [0.15, 0.2) is 0 Å². The maximum atomic E-state index is 12.1. The quantitative estimate of drug-likeness (QED) is 0.696. The number of hydrogen-bond acceptors (Lipinski definition) is 1. The van der Waals surface area contributed by atoms with Gasteiger partial charge in [-0.25, -0.2) is 13.8 Å². The van der Waals surface area contributed by atoms with Crippen LogP contribution in [0.3, 0.4) is 0 Å². The van der Waals surface area contributed by atoms with Gasteiger partial charge in [-0.1, -0.05) is 12.1 Å². The summed E-state index contributed by atoms with van der Waals surface area (Å²) < 4.78 is 25.6. The topological polar surface area (TPSA) is 17.8 Å². The third-order valence-corrected chi connectivity index (χ3v) is 1.86. The van der Waals surface area contributed by atoms with Gasteiger partial charge in [-0.3, -0.25) is 0 Å². The van der Waals surface area contributed by atoms with Crippen molar-refractivity contribution in [3.63, 3.8) is 0 Å². The van der Waals surface area contributed by atoms with Crippen molar-refractivity contribution in [2.24, 2.45) is 0 Å². The fraction of sp³-hybridized carbons (Fsp3) is 0.222. The minimum absolute atomic E-state index is 0.291. The van der Waals surface area contributed by atoms with Crippen LogP contribution >= 0.6 is 0 Å². The summed E-state index contributed by atoms with van der Waals surface area (Å²) in [5, 5.41) is 0. The molecule has 0 bridgehead atoms. The average molecular weight is 182 g/mol. The Morgan fingerprint density at radius 2 is 2.08 bits per heavy atom. The van der Waals surface area contributed by atoms with E-state index in [1.54, 1.807) is 12.1 Å². The van der Waals surface area contributed by atoms with Crippen molar-refractivity contribution in [1.29, 1.82) is 0 Å². The zero-order chi connectivity index (χ0) is 9.26. The van der Waals surface area contributed by atoms with Crippen LogP contribution in [0.5, 0.6) is 0 Å². The van der Waals surface area contributed by atoms with E-state index in [9.17, 15) is 8.78 Å². The van der Waals surface area contributed by atoms with E-state index in [4.69, 9.17) is 0 Å². The summed E-state index contributed by atoms with van der Waals surface area (Å²) in [5.41, 5.74) is 1.51. The van der Waals surface area contributed by atoms with Gasteiger partial charge in [-0.15, -0.1) is 0 Å². The van der Waals surface area contributed by atoms with Crippen molar-refractivity contribution in [3.05, 3.63) is 30.6 Å². The van der Waals surface area contributed by atoms with Crippen molar-refractivity contribution in [3.8, 4) is 0 Å². The Hall–Kier alpha value is -1.45. The van der Waals surface area contributed by atoms with Crippen LogP contribution < -0.4 is 0 Å². The summed E-state index contributed by atoms with van der Waals surface area (Å²) in [6, 6.07) is 7.23. The van der Waals surface area contributed by atoms with Crippen molar-refractivity contribution in [1.82, 2.24) is 9.55 Å². The molecule has 0 spiro atoms. The van der Waals surface area contributed by atoms with Gasteiger partial charge in [0, 0.05) is 0 Å². The predicted octanol–water partition coefficient (Wildman–Crippen LogP) is 2.30. The normalized spacial score (nSPS) is 11.3. The lowest BCUT2D eigenvalue weighted by molar-refractivity contribution is 0.128. The van der Waals surface area contributed by atoms with Gasteiger partial charge in [0.2, 0.25) is 0 Å². The number of nitrogens with zero attached hydrogens (tertiary/aromatic N) is 2. The van der Waals surface area contributed by atoms with E-state index >= 15 is 0 Å². The van der Waals surface area contributed by atoms with E-state index in [1.165, 1.54) is 10.9 Å². The average Bonchev–Trinajstić information content (AvgIpc) is 2.48. The molecule has 2 nitrogen and oxygen atoms in total. The molecule has 4 heteroatoms. The summed E-state index contributed by atoms with van der Waals surface area (Å²) in [6.45, 7) is -0.291. The minimum Gasteiger partial charge on any atom is -0.325 e. The molecule has 1 aromatic heterocycles. The maximum absolute atomic E-state index is 12.1. The fourth-order valence-electron chi connectivity index (χ4n) is 1.30. The molecular weight excluding hydrogens is 174 g/mol. The summed E-state index contributed by atoms with van der Waals surface area (Å²) in [6.07, 6.45) is -0.894. The SMILES string of the molecule is FC(F)Cn1cnc2ccccc21. The molecule has 13 heavy (non-hydrogen) atoms. The number of imidazole rings is 1. The highest BCUT2D eigenvalue weighted by Gasteiger charge is 2.06. The monoisotopic (exact) mass is 182 g/mol. The van der Waals surface area contributed by atoms with Gasteiger partial charge in [0.05, 0.1) is 23.9 Å². The molecule has 68 valence electrons. The van der Waals surface area contributed by atoms with Crippen molar-refractivity contribution in [2.45, 2.75) is 13.0 Å². The molecule has 0 aliphatic rings. The van der Waals surface area contributed by atoms with E-state index in [-0.39, 0.29) is 6.54 Å². The molecule has 0 aliphatic carbocycles. The molecule has 1 heterocycles. The molecule has 2 rings (SSSR count). The van der Waals surface area contributed by atoms with Crippen LogP contribution in [0, 0.1) is 0 Å². The molecule has 0 saturated carbocycles. The first kappa shape index (κ1) is 8.16. The first-order valence-electron chi connectivity index (χ1n) is 3.95. The number of hydrogen-bond donors (Lipinski definition) is 0. The van der Waals surface area contributed by atoms with Crippen molar-refractivity contribution >= 4 is 11.0 Å². The van der Waals surface area contributed by atoms with E-state index in [0.29, 0.717) is 0 Å². The summed E-state index contributed by atoms with van der Waals surface area (Å²) in [5.74, 6) is 0. The second kappa shape index (κ2) is 3.12. The Kier molecular flexibility index (Phi) is 1.96. The number of rotatable bonds is 2. The third kappa shape index (κ3) is 1.52. The molecule has 0 atom stereocenters. The summed E-state index contributed by atoms with van der Waals surface area (Å²) >= 11 is 0. The highest BCUT2D eigenvalue weighted by molar-refractivity contribution is 5.74. The lowest BCUT2D eigenvalue weighted by Crippen LogP contribution is -2.04. The number of alkyl halides is 2. The molecule has 0 aliphatic heterocycles. The summed E-state index contributed by atoms with van der Waals surface area (Å²) in [7, 11) is 0. The summed E-state index contributed by atoms with van der Waals surface area (Å²) in [4.78, 5) is 4.00.